The van der Waals surface area contributed by atoms with Gasteiger partial charge in [0.25, 0.3) is 0 Å². The average molecular weight is 358 g/mol. The van der Waals surface area contributed by atoms with Crippen molar-refractivity contribution in [2.24, 2.45) is 0 Å². The van der Waals surface area contributed by atoms with Crippen molar-refractivity contribution in [1.29, 1.82) is 0 Å². The Bertz CT molecular complexity index is 759. The quantitative estimate of drug-likeness (QED) is 0.700. The molecule has 7 heteroatoms. The summed E-state index contributed by atoms with van der Waals surface area (Å²) in [5.74, 6) is -1.09. The molecule has 26 heavy (non-hydrogen) atoms. The predicted molar refractivity (Wildman–Crippen MR) is 97.8 cm³/mol. The van der Waals surface area contributed by atoms with Gasteiger partial charge in [-0.05, 0) is 37.3 Å². The lowest BCUT2D eigenvalue weighted by Crippen LogP contribution is -2.34. The average Bonchev–Trinajstić information content (AvgIpc) is 2.60. The van der Waals surface area contributed by atoms with Crippen LogP contribution < -0.4 is 9.80 Å². The van der Waals surface area contributed by atoms with Gasteiger partial charge in [-0.3, -0.25) is 19.3 Å². The van der Waals surface area contributed by atoms with Gasteiger partial charge in [0.1, 0.15) is 5.70 Å². The highest BCUT2D eigenvalue weighted by atomic mass is 16.3. The highest BCUT2D eigenvalue weighted by Crippen LogP contribution is 2.26. The van der Waals surface area contributed by atoms with Gasteiger partial charge in [-0.1, -0.05) is 0 Å². The fraction of sp³-hybridized carbons (Fsp3) is 0.316. The van der Waals surface area contributed by atoms with Crippen LogP contribution in [0.5, 0.6) is 0 Å². The summed E-state index contributed by atoms with van der Waals surface area (Å²) < 4.78 is 0. The Morgan fingerprint density at radius 1 is 0.923 bits per heavy atom. The molecule has 1 aliphatic rings. The van der Waals surface area contributed by atoms with Crippen LogP contribution in [0, 0.1) is 0 Å². The van der Waals surface area contributed by atoms with Gasteiger partial charge in [-0.25, -0.2) is 0 Å². The van der Waals surface area contributed by atoms with Gasteiger partial charge in [-0.2, -0.15) is 0 Å². The monoisotopic (exact) mass is 358 g/mol. The molecule has 2 N–H and O–H groups in total. The van der Waals surface area contributed by atoms with Crippen LogP contribution in [0.25, 0.3) is 0 Å². The van der Waals surface area contributed by atoms with E-state index in [1.807, 2.05) is 0 Å². The minimum atomic E-state index is -0.399. The van der Waals surface area contributed by atoms with Gasteiger partial charge in [0.05, 0.1) is 13.2 Å². The van der Waals surface area contributed by atoms with E-state index in [0.717, 1.165) is 5.69 Å². The zero-order chi connectivity index (χ0) is 19.3. The molecule has 0 fully saturated rings. The van der Waals surface area contributed by atoms with E-state index in [2.05, 4.69) is 0 Å². The summed E-state index contributed by atoms with van der Waals surface area (Å²) >= 11 is 0. The number of anilines is 2. The molecule has 0 aromatic heterocycles. The number of aliphatic hydroxyl groups excluding tert-OH is 2. The molecule has 138 valence electrons. The molecular formula is C19H22N2O5. The lowest BCUT2D eigenvalue weighted by molar-refractivity contribution is -0.118. The van der Waals surface area contributed by atoms with Gasteiger partial charge >= 0.3 is 0 Å². The van der Waals surface area contributed by atoms with Gasteiger partial charge in [0.2, 0.25) is 11.7 Å². The number of benzene rings is 1. The van der Waals surface area contributed by atoms with E-state index in [1.165, 1.54) is 24.0 Å². The SMILES string of the molecule is CC(=O)N(C1=CC(=O)C(C)=CC1=O)c1ccc(N(CCO)CCO)cc1. The van der Waals surface area contributed by atoms with Gasteiger partial charge in [0.15, 0.2) is 5.78 Å². The number of carbonyl (C=O) groups is 3. The third-order valence-corrected chi connectivity index (χ3v) is 4.03. The summed E-state index contributed by atoms with van der Waals surface area (Å²) in [7, 11) is 0. The molecule has 0 spiro atoms. The molecule has 0 saturated heterocycles. The number of rotatable bonds is 7. The van der Waals surface area contributed by atoms with E-state index < -0.39 is 5.78 Å². The van der Waals surface area contributed by atoms with E-state index in [1.54, 1.807) is 36.1 Å². The number of aliphatic hydroxyl groups is 2. The first-order valence-electron chi connectivity index (χ1n) is 8.25. The zero-order valence-corrected chi connectivity index (χ0v) is 14.8. The van der Waals surface area contributed by atoms with Gasteiger partial charge in [-0.15, -0.1) is 0 Å². The highest BCUT2D eigenvalue weighted by Gasteiger charge is 2.26. The topological polar surface area (TPSA) is 98.2 Å². The molecule has 0 bridgehead atoms. The molecule has 0 saturated carbocycles. The minimum absolute atomic E-state index is 0.0171. The number of allylic oxidation sites excluding steroid dienone is 3. The smallest absolute Gasteiger partial charge is 0.228 e. The first kappa shape index (κ1) is 19.6. The molecule has 1 aromatic rings. The normalized spacial score (nSPS) is 14.0. The van der Waals surface area contributed by atoms with E-state index in [-0.39, 0.29) is 30.6 Å². The van der Waals surface area contributed by atoms with E-state index in [4.69, 9.17) is 10.2 Å². The molecule has 0 atom stereocenters. The second-order valence-electron chi connectivity index (χ2n) is 5.89. The minimum Gasteiger partial charge on any atom is -0.395 e. The van der Waals surface area contributed by atoms with Crippen LogP contribution >= 0.6 is 0 Å². The maximum atomic E-state index is 12.3. The van der Waals surface area contributed by atoms with Crippen molar-refractivity contribution in [3.8, 4) is 0 Å². The van der Waals surface area contributed by atoms with Crippen LogP contribution in [0.15, 0.2) is 47.7 Å². The Morgan fingerprint density at radius 3 is 1.96 bits per heavy atom. The molecule has 0 aliphatic heterocycles. The van der Waals surface area contributed by atoms with Crippen LogP contribution in [0.4, 0.5) is 11.4 Å². The third-order valence-electron chi connectivity index (χ3n) is 4.03. The van der Waals surface area contributed by atoms with E-state index >= 15 is 0 Å². The maximum Gasteiger partial charge on any atom is 0.228 e. The number of amides is 1. The summed E-state index contributed by atoms with van der Waals surface area (Å²) in [6.07, 6.45) is 2.41. The summed E-state index contributed by atoms with van der Waals surface area (Å²) in [5, 5.41) is 18.3. The second-order valence-corrected chi connectivity index (χ2v) is 5.89. The van der Waals surface area contributed by atoms with Crippen molar-refractivity contribution < 1.29 is 24.6 Å². The van der Waals surface area contributed by atoms with Crippen LogP contribution in [0.1, 0.15) is 13.8 Å². The fourth-order valence-corrected chi connectivity index (χ4v) is 2.74. The van der Waals surface area contributed by atoms with Crippen molar-refractivity contribution in [3.63, 3.8) is 0 Å². The second kappa shape index (κ2) is 8.55. The molecule has 0 radical (unpaired) electrons. The molecule has 1 aromatic carbocycles. The van der Waals surface area contributed by atoms with Crippen LogP contribution in [-0.4, -0.2) is 54.0 Å². The zero-order valence-electron chi connectivity index (χ0n) is 14.8. The lowest BCUT2D eigenvalue weighted by atomic mass is 10.0. The number of carbonyl (C=O) groups excluding carboxylic acids is 3. The summed E-state index contributed by atoms with van der Waals surface area (Å²) in [6, 6.07) is 6.77. The summed E-state index contributed by atoms with van der Waals surface area (Å²) in [6.45, 7) is 3.48. The van der Waals surface area contributed by atoms with E-state index in [9.17, 15) is 14.4 Å². The predicted octanol–water partition coefficient (Wildman–Crippen LogP) is 0.812. The van der Waals surface area contributed by atoms with Crippen molar-refractivity contribution in [2.75, 3.05) is 36.1 Å². The number of hydrogen-bond donors (Lipinski definition) is 2. The summed E-state index contributed by atoms with van der Waals surface area (Å²) in [4.78, 5) is 39.3. The molecule has 2 rings (SSSR count). The molecule has 1 amide bonds. The van der Waals surface area contributed by atoms with Crippen molar-refractivity contribution >= 4 is 28.8 Å². The first-order chi connectivity index (χ1) is 12.4. The van der Waals surface area contributed by atoms with Crippen molar-refractivity contribution in [2.45, 2.75) is 13.8 Å². The number of hydrogen-bond acceptors (Lipinski definition) is 6. The Hall–Kier alpha value is -2.77. The highest BCUT2D eigenvalue weighted by molar-refractivity contribution is 6.23. The largest absolute Gasteiger partial charge is 0.395 e. The molecule has 0 heterocycles. The lowest BCUT2D eigenvalue weighted by Gasteiger charge is -2.26. The number of nitrogens with zero attached hydrogens (tertiary/aromatic N) is 2. The maximum absolute atomic E-state index is 12.3. The van der Waals surface area contributed by atoms with Crippen LogP contribution in [0.2, 0.25) is 0 Å². The molecule has 7 nitrogen and oxygen atoms in total. The number of ketones is 2. The standard InChI is InChI=1S/C19H22N2O5/c1-13-11-19(26)17(12-18(13)25)21(14(2)24)16-5-3-15(4-6-16)20(7-9-22)8-10-23/h3-6,11-12,22-23H,7-10H2,1-2H3. The van der Waals surface area contributed by atoms with Crippen molar-refractivity contribution in [1.82, 2.24) is 0 Å². The molecule has 0 unspecified atom stereocenters. The molecular weight excluding hydrogens is 336 g/mol. The Labute approximate surface area is 151 Å². The Morgan fingerprint density at radius 2 is 1.46 bits per heavy atom. The van der Waals surface area contributed by atoms with Crippen molar-refractivity contribution in [3.05, 3.63) is 47.7 Å². The van der Waals surface area contributed by atoms with Crippen LogP contribution in [-0.2, 0) is 14.4 Å². The van der Waals surface area contributed by atoms with E-state index in [0.29, 0.717) is 24.4 Å². The summed E-state index contributed by atoms with van der Waals surface area (Å²) in [5.41, 5.74) is 1.57. The Balaban J connectivity index is 2.34. The van der Waals surface area contributed by atoms with Gasteiger partial charge in [0, 0.05) is 43.0 Å². The Kier molecular flexibility index (Phi) is 6.43. The van der Waals surface area contributed by atoms with Gasteiger partial charge < -0.3 is 15.1 Å². The fourth-order valence-electron chi connectivity index (χ4n) is 2.74. The third kappa shape index (κ3) is 4.25. The van der Waals surface area contributed by atoms with Crippen LogP contribution in [0.3, 0.4) is 0 Å². The molecule has 1 aliphatic carbocycles. The first-order valence-corrected chi connectivity index (χ1v) is 8.25.